The zero-order chi connectivity index (χ0) is 8.91. The molecular formula is C6H10O4S. The Kier molecular flexibility index (Phi) is 3.81. The molecule has 0 heterocycles. The SMILES string of the molecule is CC/C(C)=C\S(=O)(=O)OC=O. The van der Waals surface area contributed by atoms with E-state index in [9.17, 15) is 13.2 Å². The lowest BCUT2D eigenvalue weighted by molar-refractivity contribution is -0.120. The summed E-state index contributed by atoms with van der Waals surface area (Å²) < 4.78 is 25.2. The van der Waals surface area contributed by atoms with Gasteiger partial charge < -0.3 is 4.18 Å². The van der Waals surface area contributed by atoms with E-state index in [0.29, 0.717) is 12.0 Å². The van der Waals surface area contributed by atoms with Crippen LogP contribution in [0.4, 0.5) is 0 Å². The van der Waals surface area contributed by atoms with Gasteiger partial charge in [0, 0.05) is 0 Å². The Balaban J connectivity index is 4.47. The molecule has 0 aliphatic carbocycles. The Morgan fingerprint density at radius 1 is 1.55 bits per heavy atom. The van der Waals surface area contributed by atoms with Crippen LogP contribution >= 0.6 is 0 Å². The number of allylic oxidation sites excluding steroid dienone is 1. The number of hydrogen-bond acceptors (Lipinski definition) is 4. The summed E-state index contributed by atoms with van der Waals surface area (Å²) in [4.78, 5) is 9.66. The second kappa shape index (κ2) is 4.12. The van der Waals surface area contributed by atoms with Gasteiger partial charge in [-0.15, -0.1) is 0 Å². The molecule has 0 aromatic rings. The van der Waals surface area contributed by atoms with Crippen molar-refractivity contribution < 1.29 is 17.4 Å². The highest BCUT2D eigenvalue weighted by Gasteiger charge is 2.05. The Morgan fingerprint density at radius 2 is 2.09 bits per heavy atom. The van der Waals surface area contributed by atoms with Gasteiger partial charge in [-0.25, -0.2) is 0 Å². The summed E-state index contributed by atoms with van der Waals surface area (Å²) in [5.41, 5.74) is 0.645. The predicted octanol–water partition coefficient (Wildman–Crippen LogP) is 0.803. The topological polar surface area (TPSA) is 60.4 Å². The summed E-state index contributed by atoms with van der Waals surface area (Å²) in [7, 11) is -3.77. The molecule has 0 saturated carbocycles. The lowest BCUT2D eigenvalue weighted by Crippen LogP contribution is -2.00. The maximum Gasteiger partial charge on any atom is 0.334 e. The smallest absolute Gasteiger partial charge is 0.334 e. The van der Waals surface area contributed by atoms with Gasteiger partial charge >= 0.3 is 16.6 Å². The van der Waals surface area contributed by atoms with Crippen LogP contribution in [0.15, 0.2) is 11.0 Å². The molecule has 0 saturated heterocycles. The number of carbonyl (C=O) groups excluding carboxylic acids is 1. The Labute approximate surface area is 66.0 Å². The second-order valence-corrected chi connectivity index (χ2v) is 3.42. The fraction of sp³-hybridized carbons (Fsp3) is 0.500. The Morgan fingerprint density at radius 3 is 2.45 bits per heavy atom. The third kappa shape index (κ3) is 4.55. The molecule has 0 rings (SSSR count). The van der Waals surface area contributed by atoms with Crippen molar-refractivity contribution in [1.29, 1.82) is 0 Å². The van der Waals surface area contributed by atoms with Crippen molar-refractivity contribution in [2.45, 2.75) is 20.3 Å². The summed E-state index contributed by atoms with van der Waals surface area (Å²) >= 11 is 0. The first kappa shape index (κ1) is 10.2. The lowest BCUT2D eigenvalue weighted by atomic mass is 10.3. The number of carbonyl (C=O) groups is 1. The molecule has 11 heavy (non-hydrogen) atoms. The highest BCUT2D eigenvalue weighted by atomic mass is 32.2. The molecule has 64 valence electrons. The average Bonchev–Trinajstić information content (AvgIpc) is 1.86. The summed E-state index contributed by atoms with van der Waals surface area (Å²) in [6, 6.07) is 0. The van der Waals surface area contributed by atoms with Gasteiger partial charge in [-0.2, -0.15) is 8.42 Å². The molecule has 0 spiro atoms. The van der Waals surface area contributed by atoms with Crippen LogP contribution in [-0.4, -0.2) is 14.9 Å². The molecule has 0 aliphatic heterocycles. The molecule has 0 unspecified atom stereocenters. The molecule has 0 aliphatic rings. The van der Waals surface area contributed by atoms with Crippen LogP contribution in [0.3, 0.4) is 0 Å². The fourth-order valence-corrected chi connectivity index (χ4v) is 1.24. The van der Waals surface area contributed by atoms with Crippen molar-refractivity contribution in [2.24, 2.45) is 0 Å². The average molecular weight is 178 g/mol. The van der Waals surface area contributed by atoms with Crippen LogP contribution in [0, 0.1) is 0 Å². The molecular weight excluding hydrogens is 168 g/mol. The maximum atomic E-state index is 10.7. The minimum absolute atomic E-state index is 0.102. The van der Waals surface area contributed by atoms with Crippen LogP contribution in [0.5, 0.6) is 0 Å². The first-order valence-corrected chi connectivity index (χ1v) is 4.53. The van der Waals surface area contributed by atoms with Gasteiger partial charge in [-0.3, -0.25) is 4.79 Å². The molecule has 4 nitrogen and oxygen atoms in total. The Hall–Kier alpha value is -0.840. The molecule has 0 fully saturated rings. The molecule has 5 heteroatoms. The maximum absolute atomic E-state index is 10.7. The number of rotatable bonds is 4. The molecule has 0 aromatic heterocycles. The molecule has 0 bridgehead atoms. The summed E-state index contributed by atoms with van der Waals surface area (Å²) in [5.74, 6) is 0. The van der Waals surface area contributed by atoms with Crippen molar-refractivity contribution in [3.05, 3.63) is 11.0 Å². The standard InChI is InChI=1S/C6H10O4S/c1-3-6(2)4-11(8,9)10-5-7/h4-5H,3H2,1-2H3/b6-4-. The highest BCUT2D eigenvalue weighted by Crippen LogP contribution is 2.03. The van der Waals surface area contributed by atoms with Crippen LogP contribution in [0.2, 0.25) is 0 Å². The predicted molar refractivity (Wildman–Crippen MR) is 40.1 cm³/mol. The summed E-state index contributed by atoms with van der Waals surface area (Å²) in [6.45, 7) is 3.35. The van der Waals surface area contributed by atoms with E-state index < -0.39 is 10.1 Å². The van der Waals surface area contributed by atoms with Crippen LogP contribution in [0.1, 0.15) is 20.3 Å². The first-order valence-electron chi connectivity index (χ1n) is 3.06. The second-order valence-electron chi connectivity index (χ2n) is 2.00. The van der Waals surface area contributed by atoms with Gasteiger partial charge in [0.25, 0.3) is 0 Å². The largest absolute Gasteiger partial charge is 0.345 e. The zero-order valence-corrected chi connectivity index (χ0v) is 7.22. The van der Waals surface area contributed by atoms with Gasteiger partial charge in [0.1, 0.15) is 0 Å². The molecule has 0 aromatic carbocycles. The quantitative estimate of drug-likeness (QED) is 0.472. The minimum atomic E-state index is -3.77. The minimum Gasteiger partial charge on any atom is -0.345 e. The van der Waals surface area contributed by atoms with Crippen molar-refractivity contribution in [1.82, 2.24) is 0 Å². The van der Waals surface area contributed by atoms with Gasteiger partial charge in [-0.05, 0) is 13.3 Å². The van der Waals surface area contributed by atoms with Crippen LogP contribution < -0.4 is 0 Å². The van der Waals surface area contributed by atoms with Gasteiger partial charge in [0.05, 0.1) is 5.41 Å². The van der Waals surface area contributed by atoms with Gasteiger partial charge in [-0.1, -0.05) is 12.5 Å². The number of hydrogen-bond donors (Lipinski definition) is 0. The Bertz CT molecular complexity index is 250. The van der Waals surface area contributed by atoms with E-state index in [-0.39, 0.29) is 6.47 Å². The molecule has 0 atom stereocenters. The van der Waals surface area contributed by atoms with Gasteiger partial charge in [0.15, 0.2) is 0 Å². The van der Waals surface area contributed by atoms with E-state index >= 15 is 0 Å². The monoisotopic (exact) mass is 178 g/mol. The van der Waals surface area contributed by atoms with E-state index in [2.05, 4.69) is 4.18 Å². The van der Waals surface area contributed by atoms with Crippen molar-refractivity contribution in [3.63, 3.8) is 0 Å². The molecule has 0 amide bonds. The van der Waals surface area contributed by atoms with Crippen LogP contribution in [0.25, 0.3) is 0 Å². The van der Waals surface area contributed by atoms with E-state index in [1.54, 1.807) is 6.92 Å². The van der Waals surface area contributed by atoms with Crippen molar-refractivity contribution >= 4 is 16.6 Å². The lowest BCUT2D eigenvalue weighted by Gasteiger charge is -1.95. The normalized spacial score (nSPS) is 12.7. The molecule has 0 radical (unpaired) electrons. The summed E-state index contributed by atoms with van der Waals surface area (Å²) in [5, 5.41) is 0.932. The van der Waals surface area contributed by atoms with E-state index in [1.807, 2.05) is 6.92 Å². The first-order chi connectivity index (χ1) is 5.02. The van der Waals surface area contributed by atoms with Gasteiger partial charge in [0.2, 0.25) is 0 Å². The molecule has 0 N–H and O–H groups in total. The van der Waals surface area contributed by atoms with E-state index in [0.717, 1.165) is 5.41 Å². The van der Waals surface area contributed by atoms with Crippen LogP contribution in [-0.2, 0) is 19.1 Å². The highest BCUT2D eigenvalue weighted by molar-refractivity contribution is 7.90. The summed E-state index contributed by atoms with van der Waals surface area (Å²) in [6.07, 6.45) is 0.613. The van der Waals surface area contributed by atoms with E-state index in [4.69, 9.17) is 0 Å². The third-order valence-electron chi connectivity index (χ3n) is 1.08. The van der Waals surface area contributed by atoms with Crippen molar-refractivity contribution in [3.8, 4) is 0 Å². The zero-order valence-electron chi connectivity index (χ0n) is 6.40. The third-order valence-corrected chi connectivity index (χ3v) is 2.11. The van der Waals surface area contributed by atoms with Crippen molar-refractivity contribution in [2.75, 3.05) is 0 Å². The van der Waals surface area contributed by atoms with E-state index in [1.165, 1.54) is 0 Å². The fourth-order valence-electron chi connectivity index (χ4n) is 0.412.